The first-order valence-corrected chi connectivity index (χ1v) is 7.49. The van der Waals surface area contributed by atoms with Gasteiger partial charge in [0, 0.05) is 11.1 Å². The van der Waals surface area contributed by atoms with Crippen LogP contribution in [0.25, 0.3) is 0 Å². The summed E-state index contributed by atoms with van der Waals surface area (Å²) in [5.41, 5.74) is 1.03. The molecule has 0 radical (unpaired) electrons. The number of carbonyl (C=O) groups excluding carboxylic acids is 1. The highest BCUT2D eigenvalue weighted by Gasteiger charge is 2.16. The largest absolute Gasteiger partial charge is 0.465 e. The molecule has 8 heteroatoms. The van der Waals surface area contributed by atoms with E-state index in [9.17, 15) is 4.79 Å². The van der Waals surface area contributed by atoms with Gasteiger partial charge in [-0.3, -0.25) is 0 Å². The minimum absolute atomic E-state index is 0.317. The van der Waals surface area contributed by atoms with Crippen LogP contribution in [0.2, 0.25) is 5.15 Å². The Hall–Kier alpha value is -1.70. The molecule has 2 aromatic rings. The third-order valence-electron chi connectivity index (χ3n) is 2.49. The van der Waals surface area contributed by atoms with E-state index in [-0.39, 0.29) is 0 Å². The molecule has 0 aliphatic heterocycles. The molecule has 110 valence electrons. The molecule has 0 aliphatic rings. The maximum Gasteiger partial charge on any atom is 0.340 e. The molecule has 0 amide bonds. The standard InChI is InChI=1S/C13H12ClN3O2S2/c1-7-6-8(12(18)19-2)11(21-7)17-13(20)16-9-4-3-5-15-10(9)14/h3-6H,1-2H3,(H2,16,17,20). The van der Waals surface area contributed by atoms with E-state index in [0.29, 0.717) is 26.5 Å². The molecule has 2 N–H and O–H groups in total. The molecule has 2 aromatic heterocycles. The van der Waals surface area contributed by atoms with Crippen LogP contribution in [0.3, 0.4) is 0 Å². The molecular formula is C13H12ClN3O2S2. The highest BCUT2D eigenvalue weighted by Crippen LogP contribution is 2.28. The Kier molecular flexibility index (Phi) is 5.11. The van der Waals surface area contributed by atoms with Gasteiger partial charge in [0.25, 0.3) is 0 Å². The highest BCUT2D eigenvalue weighted by molar-refractivity contribution is 7.80. The fourth-order valence-corrected chi connectivity index (χ4v) is 2.95. The van der Waals surface area contributed by atoms with Gasteiger partial charge in [0.2, 0.25) is 0 Å². The van der Waals surface area contributed by atoms with Crippen molar-refractivity contribution < 1.29 is 9.53 Å². The summed E-state index contributed by atoms with van der Waals surface area (Å²) in [6.45, 7) is 1.90. The minimum atomic E-state index is -0.413. The molecule has 0 aromatic carbocycles. The summed E-state index contributed by atoms with van der Waals surface area (Å²) in [6, 6.07) is 5.24. The van der Waals surface area contributed by atoms with Crippen LogP contribution in [0.15, 0.2) is 24.4 Å². The minimum Gasteiger partial charge on any atom is -0.465 e. The summed E-state index contributed by atoms with van der Waals surface area (Å²) in [5.74, 6) is -0.413. The van der Waals surface area contributed by atoms with E-state index in [2.05, 4.69) is 15.6 Å². The van der Waals surface area contributed by atoms with Crippen LogP contribution in [0.1, 0.15) is 15.2 Å². The van der Waals surface area contributed by atoms with Crippen LogP contribution in [-0.4, -0.2) is 23.2 Å². The average Bonchev–Trinajstić information content (AvgIpc) is 2.81. The molecule has 0 spiro atoms. The second kappa shape index (κ2) is 6.84. The Labute approximate surface area is 136 Å². The van der Waals surface area contributed by atoms with Gasteiger partial charge in [-0.25, -0.2) is 9.78 Å². The van der Waals surface area contributed by atoms with Gasteiger partial charge in [-0.15, -0.1) is 11.3 Å². The van der Waals surface area contributed by atoms with Crippen molar-refractivity contribution in [3.8, 4) is 0 Å². The lowest BCUT2D eigenvalue weighted by Gasteiger charge is -2.10. The van der Waals surface area contributed by atoms with Gasteiger partial charge in [-0.2, -0.15) is 0 Å². The third kappa shape index (κ3) is 3.90. The molecule has 2 rings (SSSR count). The van der Waals surface area contributed by atoms with Crippen LogP contribution in [0.5, 0.6) is 0 Å². The van der Waals surface area contributed by atoms with Crippen molar-refractivity contribution in [1.82, 2.24) is 4.98 Å². The van der Waals surface area contributed by atoms with Crippen molar-refractivity contribution in [2.75, 3.05) is 17.7 Å². The zero-order valence-corrected chi connectivity index (χ0v) is 13.7. The number of hydrogen-bond donors (Lipinski definition) is 2. The first-order valence-electron chi connectivity index (χ1n) is 5.88. The SMILES string of the molecule is COC(=O)c1cc(C)sc1NC(=S)Nc1cccnc1Cl. The van der Waals surface area contributed by atoms with E-state index in [1.165, 1.54) is 18.4 Å². The summed E-state index contributed by atoms with van der Waals surface area (Å²) < 4.78 is 4.74. The normalized spacial score (nSPS) is 10.0. The first kappa shape index (κ1) is 15.7. The second-order valence-electron chi connectivity index (χ2n) is 4.01. The zero-order valence-electron chi connectivity index (χ0n) is 11.3. The topological polar surface area (TPSA) is 63.2 Å². The summed E-state index contributed by atoms with van der Waals surface area (Å²) in [7, 11) is 1.34. The van der Waals surface area contributed by atoms with Crippen molar-refractivity contribution in [2.24, 2.45) is 0 Å². The van der Waals surface area contributed by atoms with E-state index >= 15 is 0 Å². The lowest BCUT2D eigenvalue weighted by Crippen LogP contribution is -2.20. The van der Waals surface area contributed by atoms with Crippen LogP contribution >= 0.6 is 35.2 Å². The highest BCUT2D eigenvalue weighted by atomic mass is 35.5. The fraction of sp³-hybridized carbons (Fsp3) is 0.154. The molecule has 21 heavy (non-hydrogen) atoms. The Morgan fingerprint density at radius 3 is 2.90 bits per heavy atom. The Bertz CT molecular complexity index is 688. The number of nitrogens with zero attached hydrogens (tertiary/aromatic N) is 1. The lowest BCUT2D eigenvalue weighted by molar-refractivity contribution is 0.0602. The number of nitrogens with one attached hydrogen (secondary N) is 2. The number of thiophene rings is 1. The van der Waals surface area contributed by atoms with Crippen molar-refractivity contribution in [1.29, 1.82) is 0 Å². The van der Waals surface area contributed by atoms with Gasteiger partial charge < -0.3 is 15.4 Å². The number of anilines is 2. The van der Waals surface area contributed by atoms with E-state index in [1.54, 1.807) is 24.4 Å². The molecule has 0 aliphatic carbocycles. The molecule has 0 bridgehead atoms. The molecule has 0 unspecified atom stereocenters. The van der Waals surface area contributed by atoms with Gasteiger partial charge in [-0.05, 0) is 37.3 Å². The second-order valence-corrected chi connectivity index (χ2v) is 6.03. The van der Waals surface area contributed by atoms with Gasteiger partial charge in [0.1, 0.15) is 5.00 Å². The van der Waals surface area contributed by atoms with Crippen molar-refractivity contribution in [3.05, 3.63) is 40.0 Å². The quantitative estimate of drug-likeness (QED) is 0.504. The molecule has 0 atom stereocenters. The third-order valence-corrected chi connectivity index (χ3v) is 3.97. The zero-order chi connectivity index (χ0) is 15.4. The van der Waals surface area contributed by atoms with Gasteiger partial charge in [-0.1, -0.05) is 11.6 Å². The molecule has 2 heterocycles. The molecule has 5 nitrogen and oxygen atoms in total. The average molecular weight is 342 g/mol. The number of carbonyl (C=O) groups is 1. The number of ether oxygens (including phenoxy) is 1. The number of methoxy groups -OCH3 is 1. The summed E-state index contributed by atoms with van der Waals surface area (Å²) in [5, 5.41) is 7.16. The van der Waals surface area contributed by atoms with Gasteiger partial charge >= 0.3 is 5.97 Å². The number of esters is 1. The maximum atomic E-state index is 11.7. The van der Waals surface area contributed by atoms with Gasteiger partial charge in [0.05, 0.1) is 18.4 Å². The summed E-state index contributed by atoms with van der Waals surface area (Å²) in [4.78, 5) is 16.6. The maximum absolute atomic E-state index is 11.7. The van der Waals surface area contributed by atoms with E-state index in [0.717, 1.165) is 4.88 Å². The number of rotatable bonds is 3. The number of halogens is 1. The Morgan fingerprint density at radius 1 is 1.48 bits per heavy atom. The number of hydrogen-bond acceptors (Lipinski definition) is 5. The molecule has 0 saturated carbocycles. The monoisotopic (exact) mass is 341 g/mol. The van der Waals surface area contributed by atoms with E-state index in [4.69, 9.17) is 28.6 Å². The van der Waals surface area contributed by atoms with Crippen LogP contribution in [0, 0.1) is 6.92 Å². The Morgan fingerprint density at radius 2 is 2.24 bits per heavy atom. The van der Waals surface area contributed by atoms with Crippen molar-refractivity contribution >= 4 is 56.9 Å². The fourth-order valence-electron chi connectivity index (χ4n) is 1.60. The number of aryl methyl sites for hydroxylation is 1. The number of aromatic nitrogens is 1. The smallest absolute Gasteiger partial charge is 0.340 e. The predicted molar refractivity (Wildman–Crippen MR) is 89.5 cm³/mol. The molecular weight excluding hydrogens is 330 g/mol. The van der Waals surface area contributed by atoms with Crippen LogP contribution in [0.4, 0.5) is 10.7 Å². The first-order chi connectivity index (χ1) is 10.0. The van der Waals surface area contributed by atoms with E-state index in [1.807, 2.05) is 6.92 Å². The Balaban J connectivity index is 2.13. The summed E-state index contributed by atoms with van der Waals surface area (Å²) >= 11 is 12.6. The van der Waals surface area contributed by atoms with Crippen LogP contribution < -0.4 is 10.6 Å². The predicted octanol–water partition coefficient (Wildman–Crippen LogP) is 3.70. The van der Waals surface area contributed by atoms with Crippen molar-refractivity contribution in [3.63, 3.8) is 0 Å². The van der Waals surface area contributed by atoms with Crippen LogP contribution in [-0.2, 0) is 4.74 Å². The van der Waals surface area contributed by atoms with Crippen molar-refractivity contribution in [2.45, 2.75) is 6.92 Å². The molecule has 0 saturated heterocycles. The number of thiocarbonyl (C=S) groups is 1. The number of pyridine rings is 1. The van der Waals surface area contributed by atoms with Gasteiger partial charge in [0.15, 0.2) is 10.3 Å². The lowest BCUT2D eigenvalue weighted by atomic mass is 10.3. The van der Waals surface area contributed by atoms with E-state index < -0.39 is 5.97 Å². The molecule has 0 fully saturated rings. The summed E-state index contributed by atoms with van der Waals surface area (Å²) in [6.07, 6.45) is 1.59.